The van der Waals surface area contributed by atoms with Crippen LogP contribution in [0.1, 0.15) is 19.7 Å². The van der Waals surface area contributed by atoms with Crippen molar-refractivity contribution in [2.24, 2.45) is 0 Å². The van der Waals surface area contributed by atoms with E-state index in [9.17, 15) is 0 Å². The Kier molecular flexibility index (Phi) is 5.25. The minimum Gasteiger partial charge on any atom is -0.348 e. The van der Waals surface area contributed by atoms with Gasteiger partial charge in [-0.1, -0.05) is 13.8 Å². The van der Waals surface area contributed by atoms with Gasteiger partial charge in [0.1, 0.15) is 5.82 Å². The van der Waals surface area contributed by atoms with E-state index in [0.29, 0.717) is 0 Å². The van der Waals surface area contributed by atoms with Gasteiger partial charge in [0, 0.05) is 25.5 Å². The van der Waals surface area contributed by atoms with Gasteiger partial charge in [-0.15, -0.1) is 0 Å². The first-order valence-corrected chi connectivity index (χ1v) is 5.28. The SMILES string of the molecule is CCN(CC)CCNCc1ncc[nH]1. The molecule has 14 heavy (non-hydrogen) atoms. The molecule has 0 fully saturated rings. The molecule has 0 amide bonds. The Morgan fingerprint density at radius 2 is 2.21 bits per heavy atom. The number of hydrogen-bond donors (Lipinski definition) is 2. The molecule has 2 N–H and O–H groups in total. The maximum atomic E-state index is 4.14. The Morgan fingerprint density at radius 1 is 1.43 bits per heavy atom. The van der Waals surface area contributed by atoms with E-state index >= 15 is 0 Å². The van der Waals surface area contributed by atoms with Gasteiger partial charge in [0.25, 0.3) is 0 Å². The molecular weight excluding hydrogens is 176 g/mol. The summed E-state index contributed by atoms with van der Waals surface area (Å²) in [5.41, 5.74) is 0. The monoisotopic (exact) mass is 196 g/mol. The zero-order chi connectivity index (χ0) is 10.2. The quantitative estimate of drug-likeness (QED) is 0.635. The van der Waals surface area contributed by atoms with E-state index in [0.717, 1.165) is 38.5 Å². The third-order valence-electron chi connectivity index (χ3n) is 2.35. The first-order valence-electron chi connectivity index (χ1n) is 5.28. The van der Waals surface area contributed by atoms with Crippen molar-refractivity contribution in [2.75, 3.05) is 26.2 Å². The topological polar surface area (TPSA) is 44.0 Å². The van der Waals surface area contributed by atoms with Gasteiger partial charge in [-0.25, -0.2) is 4.98 Å². The van der Waals surface area contributed by atoms with Gasteiger partial charge in [-0.2, -0.15) is 0 Å². The van der Waals surface area contributed by atoms with Crippen molar-refractivity contribution in [2.45, 2.75) is 20.4 Å². The first kappa shape index (κ1) is 11.2. The molecule has 0 unspecified atom stereocenters. The van der Waals surface area contributed by atoms with Gasteiger partial charge < -0.3 is 15.2 Å². The van der Waals surface area contributed by atoms with Gasteiger partial charge in [-0.05, 0) is 13.1 Å². The van der Waals surface area contributed by atoms with Crippen LogP contribution in [0.15, 0.2) is 12.4 Å². The predicted octanol–water partition coefficient (Wildman–Crippen LogP) is 0.841. The number of likely N-dealkylation sites (N-methyl/N-ethyl adjacent to an activating group) is 1. The Bertz CT molecular complexity index is 216. The molecule has 0 aliphatic heterocycles. The van der Waals surface area contributed by atoms with Crippen molar-refractivity contribution in [1.82, 2.24) is 20.2 Å². The molecule has 0 aromatic carbocycles. The number of nitrogens with zero attached hydrogens (tertiary/aromatic N) is 2. The van der Waals surface area contributed by atoms with Gasteiger partial charge >= 0.3 is 0 Å². The Labute approximate surface area is 85.7 Å². The second kappa shape index (κ2) is 6.56. The van der Waals surface area contributed by atoms with Crippen LogP contribution in [0.5, 0.6) is 0 Å². The second-order valence-corrected chi connectivity index (χ2v) is 3.24. The predicted molar refractivity (Wildman–Crippen MR) is 58.1 cm³/mol. The van der Waals surface area contributed by atoms with Gasteiger partial charge in [0.15, 0.2) is 0 Å². The van der Waals surface area contributed by atoms with Crippen LogP contribution in [-0.4, -0.2) is 41.0 Å². The van der Waals surface area contributed by atoms with Crippen molar-refractivity contribution < 1.29 is 0 Å². The minimum atomic E-state index is 0.828. The summed E-state index contributed by atoms with van der Waals surface area (Å²) in [6.07, 6.45) is 3.63. The number of imidazole rings is 1. The molecule has 1 heterocycles. The number of rotatable bonds is 7. The molecule has 0 spiro atoms. The number of aromatic nitrogens is 2. The van der Waals surface area contributed by atoms with Crippen molar-refractivity contribution >= 4 is 0 Å². The maximum absolute atomic E-state index is 4.14. The smallest absolute Gasteiger partial charge is 0.120 e. The molecule has 0 saturated carbocycles. The second-order valence-electron chi connectivity index (χ2n) is 3.24. The van der Waals surface area contributed by atoms with Gasteiger partial charge in [0.2, 0.25) is 0 Å². The van der Waals surface area contributed by atoms with E-state index in [4.69, 9.17) is 0 Å². The molecule has 0 aliphatic carbocycles. The van der Waals surface area contributed by atoms with Crippen molar-refractivity contribution in [3.63, 3.8) is 0 Å². The number of hydrogen-bond acceptors (Lipinski definition) is 3. The highest BCUT2D eigenvalue weighted by molar-refractivity contribution is 4.85. The normalized spacial score (nSPS) is 11.1. The maximum Gasteiger partial charge on any atom is 0.120 e. The lowest BCUT2D eigenvalue weighted by atomic mass is 10.4. The molecule has 0 saturated heterocycles. The number of H-pyrrole nitrogens is 1. The molecule has 4 nitrogen and oxygen atoms in total. The van der Waals surface area contributed by atoms with E-state index < -0.39 is 0 Å². The molecule has 0 bridgehead atoms. The first-order chi connectivity index (χ1) is 6.86. The van der Waals surface area contributed by atoms with E-state index in [-0.39, 0.29) is 0 Å². The summed E-state index contributed by atoms with van der Waals surface area (Å²) in [7, 11) is 0. The third kappa shape index (κ3) is 3.89. The van der Waals surface area contributed by atoms with Crippen LogP contribution in [0.25, 0.3) is 0 Å². The summed E-state index contributed by atoms with van der Waals surface area (Å²) in [6, 6.07) is 0. The molecule has 4 heteroatoms. The number of aromatic amines is 1. The summed E-state index contributed by atoms with van der Waals surface area (Å²) in [6.45, 7) is 9.58. The van der Waals surface area contributed by atoms with Crippen LogP contribution in [0.2, 0.25) is 0 Å². The van der Waals surface area contributed by atoms with Crippen molar-refractivity contribution in [1.29, 1.82) is 0 Å². The number of nitrogens with one attached hydrogen (secondary N) is 2. The standard InChI is InChI=1S/C10H20N4/c1-3-14(4-2)8-7-11-9-10-12-5-6-13-10/h5-6,11H,3-4,7-9H2,1-2H3,(H,12,13). The highest BCUT2D eigenvalue weighted by atomic mass is 15.1. The van der Waals surface area contributed by atoms with E-state index in [1.807, 2.05) is 6.20 Å². The fraction of sp³-hybridized carbons (Fsp3) is 0.700. The van der Waals surface area contributed by atoms with Crippen molar-refractivity contribution in [3.05, 3.63) is 18.2 Å². The fourth-order valence-corrected chi connectivity index (χ4v) is 1.38. The fourth-order valence-electron chi connectivity index (χ4n) is 1.38. The Balaban J connectivity index is 2.04. The van der Waals surface area contributed by atoms with Gasteiger partial charge in [0.05, 0.1) is 6.54 Å². The summed E-state index contributed by atoms with van der Waals surface area (Å²) >= 11 is 0. The summed E-state index contributed by atoms with van der Waals surface area (Å²) in [5.74, 6) is 1.00. The zero-order valence-electron chi connectivity index (χ0n) is 9.08. The van der Waals surface area contributed by atoms with Crippen molar-refractivity contribution in [3.8, 4) is 0 Å². The van der Waals surface area contributed by atoms with Crippen LogP contribution in [0.3, 0.4) is 0 Å². The molecule has 80 valence electrons. The van der Waals surface area contributed by atoms with Crippen LogP contribution in [0.4, 0.5) is 0 Å². The highest BCUT2D eigenvalue weighted by Gasteiger charge is 1.98. The van der Waals surface area contributed by atoms with Crippen LogP contribution in [-0.2, 0) is 6.54 Å². The Morgan fingerprint density at radius 3 is 2.79 bits per heavy atom. The van der Waals surface area contributed by atoms with Crippen LogP contribution >= 0.6 is 0 Å². The molecule has 0 atom stereocenters. The molecular formula is C10H20N4. The van der Waals surface area contributed by atoms with Gasteiger partial charge in [-0.3, -0.25) is 0 Å². The van der Waals surface area contributed by atoms with E-state index in [1.54, 1.807) is 6.20 Å². The molecule has 1 rings (SSSR count). The summed E-state index contributed by atoms with van der Waals surface area (Å²) < 4.78 is 0. The average Bonchev–Trinajstić information content (AvgIpc) is 2.71. The lowest BCUT2D eigenvalue weighted by Gasteiger charge is -2.17. The summed E-state index contributed by atoms with van der Waals surface area (Å²) in [4.78, 5) is 9.61. The lowest BCUT2D eigenvalue weighted by Crippen LogP contribution is -2.31. The molecule has 0 aliphatic rings. The average molecular weight is 196 g/mol. The van der Waals surface area contributed by atoms with Crippen LogP contribution < -0.4 is 5.32 Å². The zero-order valence-corrected chi connectivity index (χ0v) is 9.08. The molecule has 1 aromatic heterocycles. The van der Waals surface area contributed by atoms with E-state index in [2.05, 4.69) is 34.0 Å². The van der Waals surface area contributed by atoms with E-state index in [1.165, 1.54) is 0 Å². The summed E-state index contributed by atoms with van der Waals surface area (Å²) in [5, 5.41) is 3.35. The minimum absolute atomic E-state index is 0.828. The largest absolute Gasteiger partial charge is 0.348 e. The Hall–Kier alpha value is -0.870. The molecule has 1 aromatic rings. The molecule has 0 radical (unpaired) electrons. The highest BCUT2D eigenvalue weighted by Crippen LogP contribution is 1.87. The third-order valence-corrected chi connectivity index (χ3v) is 2.35. The van der Waals surface area contributed by atoms with Crippen LogP contribution in [0, 0.1) is 0 Å². The lowest BCUT2D eigenvalue weighted by molar-refractivity contribution is 0.302.